The average Bonchev–Trinajstić information content (AvgIpc) is 3.30. The molecule has 3 aromatic heterocycles. The van der Waals surface area contributed by atoms with E-state index in [4.69, 9.17) is 9.51 Å². The topological polar surface area (TPSA) is 89.9 Å². The van der Waals surface area contributed by atoms with Gasteiger partial charge in [-0.25, -0.2) is 0 Å². The van der Waals surface area contributed by atoms with Crippen LogP contribution in [0.15, 0.2) is 35.1 Å². The van der Waals surface area contributed by atoms with Crippen molar-refractivity contribution in [2.45, 2.75) is 44.4 Å². The molecule has 1 aliphatic carbocycles. The first-order valence-corrected chi connectivity index (χ1v) is 10.6. The lowest BCUT2D eigenvalue weighted by atomic mass is 9.74. The second-order valence-electron chi connectivity index (χ2n) is 8.72. The third-order valence-corrected chi connectivity index (χ3v) is 6.38. The van der Waals surface area contributed by atoms with Crippen molar-refractivity contribution in [1.82, 2.24) is 29.8 Å². The number of carbonyl (C=O) groups excluding carboxylic acids is 1. The zero-order valence-corrected chi connectivity index (χ0v) is 17.4. The van der Waals surface area contributed by atoms with Gasteiger partial charge in [-0.05, 0) is 50.3 Å². The molecule has 0 spiro atoms. The van der Waals surface area contributed by atoms with Gasteiger partial charge in [0.2, 0.25) is 0 Å². The van der Waals surface area contributed by atoms with Gasteiger partial charge in [0.1, 0.15) is 0 Å². The van der Waals surface area contributed by atoms with Crippen molar-refractivity contribution in [2.24, 2.45) is 13.0 Å². The summed E-state index contributed by atoms with van der Waals surface area (Å²) >= 11 is 0. The van der Waals surface area contributed by atoms with E-state index in [9.17, 15) is 4.79 Å². The Morgan fingerprint density at radius 1 is 1.37 bits per heavy atom. The highest BCUT2D eigenvalue weighted by molar-refractivity contribution is 5.92. The smallest absolute Gasteiger partial charge is 0.274 e. The Morgan fingerprint density at radius 2 is 2.23 bits per heavy atom. The van der Waals surface area contributed by atoms with Crippen LogP contribution in [0.2, 0.25) is 0 Å². The Hall–Kier alpha value is -3.03. The molecule has 0 bridgehead atoms. The van der Waals surface area contributed by atoms with E-state index < -0.39 is 0 Å². The largest absolute Gasteiger partial charge is 0.336 e. The molecule has 0 radical (unpaired) electrons. The number of amides is 1. The number of pyridine rings is 1. The molecule has 156 valence electrons. The van der Waals surface area contributed by atoms with Crippen molar-refractivity contribution in [3.05, 3.63) is 47.8 Å². The third-order valence-electron chi connectivity index (χ3n) is 6.38. The highest BCUT2D eigenvalue weighted by atomic mass is 16.5. The van der Waals surface area contributed by atoms with Crippen LogP contribution in [0.1, 0.15) is 54.1 Å². The number of likely N-dealkylation sites (tertiary alicyclic amines) is 1. The van der Waals surface area contributed by atoms with Gasteiger partial charge in [0.05, 0.1) is 11.0 Å². The van der Waals surface area contributed by atoms with Crippen LogP contribution in [0.25, 0.3) is 11.5 Å². The summed E-state index contributed by atoms with van der Waals surface area (Å²) in [4.78, 5) is 24.0. The van der Waals surface area contributed by atoms with Gasteiger partial charge in [-0.3, -0.25) is 14.5 Å². The van der Waals surface area contributed by atoms with E-state index in [1.54, 1.807) is 17.1 Å². The molecule has 8 heteroatoms. The molecule has 1 unspecified atom stereocenters. The molecule has 0 N–H and O–H groups in total. The summed E-state index contributed by atoms with van der Waals surface area (Å²) in [5, 5.41) is 8.77. The van der Waals surface area contributed by atoms with Crippen LogP contribution >= 0.6 is 0 Å². The number of piperidine rings is 1. The van der Waals surface area contributed by atoms with Crippen molar-refractivity contribution in [3.63, 3.8) is 0 Å². The summed E-state index contributed by atoms with van der Waals surface area (Å²) in [7, 11) is 1.86. The van der Waals surface area contributed by atoms with Crippen LogP contribution in [0.5, 0.6) is 0 Å². The molecule has 5 rings (SSSR count). The molecule has 1 aliphatic heterocycles. The van der Waals surface area contributed by atoms with Gasteiger partial charge in [0, 0.05) is 38.2 Å². The zero-order chi connectivity index (χ0) is 20.7. The van der Waals surface area contributed by atoms with Gasteiger partial charge in [-0.2, -0.15) is 10.1 Å². The average molecular weight is 406 g/mol. The molecule has 2 fully saturated rings. The van der Waals surface area contributed by atoms with Crippen LogP contribution < -0.4 is 0 Å². The molecular formula is C22H26N6O2. The molecular weight excluding hydrogens is 380 g/mol. The first kappa shape index (κ1) is 19.0. The van der Waals surface area contributed by atoms with Crippen LogP contribution in [0.4, 0.5) is 0 Å². The van der Waals surface area contributed by atoms with Crippen molar-refractivity contribution in [1.29, 1.82) is 0 Å². The van der Waals surface area contributed by atoms with Gasteiger partial charge in [-0.15, -0.1) is 0 Å². The highest BCUT2D eigenvalue weighted by Crippen LogP contribution is 2.46. The number of hydrogen-bond acceptors (Lipinski definition) is 6. The molecule has 0 aromatic carbocycles. The zero-order valence-electron chi connectivity index (χ0n) is 17.4. The molecule has 1 atom stereocenters. The molecule has 1 saturated heterocycles. The minimum atomic E-state index is -0.275. The fourth-order valence-corrected chi connectivity index (χ4v) is 4.49. The maximum Gasteiger partial charge on any atom is 0.274 e. The molecule has 3 aromatic rings. The van der Waals surface area contributed by atoms with E-state index in [0.717, 1.165) is 37.1 Å². The van der Waals surface area contributed by atoms with Crippen molar-refractivity contribution < 1.29 is 9.32 Å². The number of aromatic nitrogens is 5. The van der Waals surface area contributed by atoms with Crippen molar-refractivity contribution in [2.75, 3.05) is 13.1 Å². The van der Waals surface area contributed by atoms with Crippen LogP contribution in [-0.4, -0.2) is 48.8 Å². The Labute approximate surface area is 175 Å². The SMILES string of the molecule is Cc1cc(C(=O)N2CCCC(CC3CC3)(c3noc(-c4cccnc4)n3)C2)nn1C. The fourth-order valence-electron chi connectivity index (χ4n) is 4.49. The Bertz CT molecular complexity index is 1040. The number of aryl methyl sites for hydroxylation is 2. The first-order chi connectivity index (χ1) is 14.5. The standard InChI is InChI=1S/C22H26N6O2/c1-15-11-18(25-27(15)2)20(29)28-10-4-8-22(14-28,12-16-6-7-16)21-24-19(30-26-21)17-5-3-9-23-13-17/h3,5,9,11,13,16H,4,6-8,10,12,14H2,1-2H3. The number of carbonyl (C=O) groups is 1. The lowest BCUT2D eigenvalue weighted by Crippen LogP contribution is -2.49. The number of nitrogens with zero attached hydrogens (tertiary/aromatic N) is 6. The normalized spacial score (nSPS) is 21.7. The Balaban J connectivity index is 1.45. The van der Waals surface area contributed by atoms with Crippen LogP contribution in [0, 0.1) is 12.8 Å². The van der Waals surface area contributed by atoms with E-state index in [2.05, 4.69) is 15.2 Å². The maximum absolute atomic E-state index is 13.2. The second-order valence-corrected chi connectivity index (χ2v) is 8.72. The minimum absolute atomic E-state index is 0.0189. The van der Waals surface area contributed by atoms with Crippen molar-refractivity contribution >= 4 is 5.91 Å². The van der Waals surface area contributed by atoms with Gasteiger partial charge < -0.3 is 9.42 Å². The Kier molecular flexibility index (Phi) is 4.64. The number of hydrogen-bond donors (Lipinski definition) is 0. The fraction of sp³-hybridized carbons (Fsp3) is 0.500. The van der Waals surface area contributed by atoms with Crippen LogP contribution in [0.3, 0.4) is 0 Å². The van der Waals surface area contributed by atoms with E-state index in [0.29, 0.717) is 29.9 Å². The van der Waals surface area contributed by atoms with E-state index in [-0.39, 0.29) is 11.3 Å². The quantitative estimate of drug-likeness (QED) is 0.647. The molecule has 2 aliphatic rings. The minimum Gasteiger partial charge on any atom is -0.336 e. The summed E-state index contributed by atoms with van der Waals surface area (Å²) in [5.41, 5.74) is 2.01. The summed E-state index contributed by atoms with van der Waals surface area (Å²) in [5.74, 6) is 1.85. The lowest BCUT2D eigenvalue weighted by molar-refractivity contribution is 0.0600. The molecule has 8 nitrogen and oxygen atoms in total. The summed E-state index contributed by atoms with van der Waals surface area (Å²) in [6, 6.07) is 5.63. The van der Waals surface area contributed by atoms with Crippen LogP contribution in [-0.2, 0) is 12.5 Å². The van der Waals surface area contributed by atoms with E-state index >= 15 is 0 Å². The maximum atomic E-state index is 13.2. The van der Waals surface area contributed by atoms with E-state index in [1.165, 1.54) is 12.8 Å². The molecule has 30 heavy (non-hydrogen) atoms. The van der Waals surface area contributed by atoms with Gasteiger partial charge in [-0.1, -0.05) is 18.0 Å². The third kappa shape index (κ3) is 3.51. The monoisotopic (exact) mass is 406 g/mol. The predicted molar refractivity (Wildman–Crippen MR) is 110 cm³/mol. The first-order valence-electron chi connectivity index (χ1n) is 10.6. The molecule has 4 heterocycles. The summed E-state index contributed by atoms with van der Waals surface area (Å²) in [6.07, 6.45) is 8.79. The van der Waals surface area contributed by atoms with E-state index in [1.807, 2.05) is 37.1 Å². The summed E-state index contributed by atoms with van der Waals surface area (Å²) < 4.78 is 7.35. The van der Waals surface area contributed by atoms with Gasteiger partial charge >= 0.3 is 0 Å². The Morgan fingerprint density at radius 3 is 2.93 bits per heavy atom. The molecule has 1 amide bonds. The highest BCUT2D eigenvalue weighted by Gasteiger charge is 2.46. The number of rotatable bonds is 5. The summed E-state index contributed by atoms with van der Waals surface area (Å²) in [6.45, 7) is 3.29. The molecule has 1 saturated carbocycles. The van der Waals surface area contributed by atoms with Gasteiger partial charge in [0.25, 0.3) is 11.8 Å². The second kappa shape index (κ2) is 7.34. The van der Waals surface area contributed by atoms with Crippen molar-refractivity contribution in [3.8, 4) is 11.5 Å². The lowest BCUT2D eigenvalue weighted by Gasteiger charge is -2.41. The predicted octanol–water partition coefficient (Wildman–Crippen LogP) is 3.15. The van der Waals surface area contributed by atoms with Gasteiger partial charge in [0.15, 0.2) is 11.5 Å².